The van der Waals surface area contributed by atoms with E-state index in [1.807, 2.05) is 0 Å². The van der Waals surface area contributed by atoms with Gasteiger partial charge in [-0.1, -0.05) is 0 Å². The maximum Gasteiger partial charge on any atom is 0.411 e. The second kappa shape index (κ2) is 4.40. The third-order valence-corrected chi connectivity index (χ3v) is 2.52. The van der Waals surface area contributed by atoms with Gasteiger partial charge in [0, 0.05) is 11.8 Å². The summed E-state index contributed by atoms with van der Waals surface area (Å²) in [5.41, 5.74) is 0.654. The lowest BCUT2D eigenvalue weighted by molar-refractivity contribution is 0.0217. The molecule has 0 bridgehead atoms. The number of Topliss-reactive ketones (excluding diaryl/α,β-unsaturated/α-hetero) is 1. The van der Waals surface area contributed by atoms with E-state index in [0.29, 0.717) is 17.8 Å². The van der Waals surface area contributed by atoms with Crippen molar-refractivity contribution in [2.24, 2.45) is 0 Å². The Morgan fingerprint density at radius 1 is 1.39 bits per heavy atom. The molecule has 1 aromatic rings. The average molecular weight is 248 g/mol. The molecule has 0 N–H and O–H groups in total. The second-order valence-corrected chi connectivity index (χ2v) is 5.26. The molecule has 2 rings (SSSR count). The molecule has 0 saturated heterocycles. The zero-order valence-corrected chi connectivity index (χ0v) is 10.8. The Kier molecular flexibility index (Phi) is 3.07. The summed E-state index contributed by atoms with van der Waals surface area (Å²) in [4.78, 5) is 29.3. The topological polar surface area (TPSA) is 59.5 Å². The Bertz CT molecular complexity index is 491. The van der Waals surface area contributed by atoms with Crippen molar-refractivity contribution < 1.29 is 14.3 Å². The summed E-state index contributed by atoms with van der Waals surface area (Å²) in [7, 11) is 0. The Morgan fingerprint density at radius 3 is 2.78 bits per heavy atom. The van der Waals surface area contributed by atoms with E-state index in [-0.39, 0.29) is 12.3 Å². The number of hydrogen-bond donors (Lipinski definition) is 0. The number of amides is 1. The molecule has 1 amide bonds. The maximum atomic E-state index is 11.9. The fraction of sp³-hybridized carbons (Fsp3) is 0.462. The number of carbonyl (C=O) groups is 2. The molecule has 5 nitrogen and oxygen atoms in total. The molecule has 0 fully saturated rings. The van der Waals surface area contributed by atoms with Crippen LogP contribution in [0.25, 0.3) is 0 Å². The summed E-state index contributed by atoms with van der Waals surface area (Å²) < 4.78 is 5.25. The molecule has 1 aliphatic rings. The lowest BCUT2D eigenvalue weighted by atomic mass is 10.0. The van der Waals surface area contributed by atoms with E-state index in [0.717, 1.165) is 0 Å². The van der Waals surface area contributed by atoms with Gasteiger partial charge in [-0.15, -0.1) is 0 Å². The number of hydrogen-bond acceptors (Lipinski definition) is 4. The molecule has 18 heavy (non-hydrogen) atoms. The largest absolute Gasteiger partial charge is 0.444 e. The first kappa shape index (κ1) is 12.5. The quantitative estimate of drug-likeness (QED) is 0.704. The third kappa shape index (κ3) is 2.67. The number of carbonyl (C=O) groups excluding carboxylic acids is 2. The molecule has 0 radical (unpaired) electrons. The van der Waals surface area contributed by atoms with Crippen molar-refractivity contribution in [1.82, 2.24) is 9.88 Å². The van der Waals surface area contributed by atoms with Crippen LogP contribution in [-0.2, 0) is 11.3 Å². The minimum Gasteiger partial charge on any atom is -0.444 e. The van der Waals surface area contributed by atoms with Gasteiger partial charge >= 0.3 is 6.09 Å². The summed E-state index contributed by atoms with van der Waals surface area (Å²) in [5, 5.41) is 0. The van der Waals surface area contributed by atoms with E-state index < -0.39 is 11.7 Å². The molecule has 0 aromatic carbocycles. The van der Waals surface area contributed by atoms with Crippen LogP contribution < -0.4 is 0 Å². The van der Waals surface area contributed by atoms with Crippen LogP contribution in [0.3, 0.4) is 0 Å². The van der Waals surface area contributed by atoms with Crippen molar-refractivity contribution in [1.29, 1.82) is 0 Å². The molecular weight excluding hydrogens is 232 g/mol. The van der Waals surface area contributed by atoms with Gasteiger partial charge < -0.3 is 4.74 Å². The second-order valence-electron chi connectivity index (χ2n) is 5.26. The van der Waals surface area contributed by atoms with Crippen LogP contribution in [0.15, 0.2) is 18.3 Å². The van der Waals surface area contributed by atoms with Crippen molar-refractivity contribution >= 4 is 11.9 Å². The number of ketones is 1. The van der Waals surface area contributed by atoms with E-state index in [9.17, 15) is 9.59 Å². The Hall–Kier alpha value is -1.91. The summed E-state index contributed by atoms with van der Waals surface area (Å²) in [6, 6.07) is 3.46. The van der Waals surface area contributed by atoms with Crippen LogP contribution in [-0.4, -0.2) is 33.9 Å². The zero-order valence-electron chi connectivity index (χ0n) is 10.8. The highest BCUT2D eigenvalue weighted by molar-refractivity contribution is 6.01. The fourth-order valence-electron chi connectivity index (χ4n) is 1.77. The van der Waals surface area contributed by atoms with Crippen molar-refractivity contribution in [3.63, 3.8) is 0 Å². The van der Waals surface area contributed by atoms with Crippen molar-refractivity contribution in [2.75, 3.05) is 6.54 Å². The molecular formula is C13H16N2O3. The van der Waals surface area contributed by atoms with Crippen LogP contribution in [0.4, 0.5) is 4.79 Å². The molecule has 0 spiro atoms. The third-order valence-electron chi connectivity index (χ3n) is 2.52. The van der Waals surface area contributed by atoms with Crippen molar-refractivity contribution in [3.8, 4) is 0 Å². The van der Waals surface area contributed by atoms with Gasteiger partial charge in [0.2, 0.25) is 0 Å². The minimum atomic E-state index is -0.565. The SMILES string of the molecule is CC(C)(C)OC(=O)N1CC(=O)c2cccnc2C1. The van der Waals surface area contributed by atoms with Crippen LogP contribution in [0.2, 0.25) is 0 Å². The van der Waals surface area contributed by atoms with Gasteiger partial charge in [0.25, 0.3) is 0 Å². The molecule has 5 heteroatoms. The van der Waals surface area contributed by atoms with Gasteiger partial charge in [-0.2, -0.15) is 0 Å². The number of rotatable bonds is 0. The molecule has 0 atom stereocenters. The molecule has 0 aliphatic carbocycles. The summed E-state index contributed by atoms with van der Waals surface area (Å²) in [6.45, 7) is 5.75. The maximum absolute atomic E-state index is 11.9. The standard InChI is InChI=1S/C13H16N2O3/c1-13(2,3)18-12(17)15-7-10-9(11(16)8-15)5-4-6-14-10/h4-6H,7-8H2,1-3H3. The first-order valence-electron chi connectivity index (χ1n) is 5.82. The van der Waals surface area contributed by atoms with Gasteiger partial charge in [0.15, 0.2) is 5.78 Å². The number of nitrogens with zero attached hydrogens (tertiary/aromatic N) is 2. The summed E-state index contributed by atoms with van der Waals surface area (Å²) in [5.74, 6) is -0.102. The van der Waals surface area contributed by atoms with Crippen LogP contribution in [0, 0.1) is 0 Å². The average Bonchev–Trinajstić information content (AvgIpc) is 2.26. The first-order valence-corrected chi connectivity index (χ1v) is 5.82. The lowest BCUT2D eigenvalue weighted by Crippen LogP contribution is -2.42. The number of fused-ring (bicyclic) bond motifs is 1. The minimum absolute atomic E-state index is 0.0492. The molecule has 1 aromatic heterocycles. The van der Waals surface area contributed by atoms with Gasteiger partial charge in [0.1, 0.15) is 5.60 Å². The van der Waals surface area contributed by atoms with Crippen molar-refractivity contribution in [3.05, 3.63) is 29.6 Å². The van der Waals surface area contributed by atoms with E-state index >= 15 is 0 Å². The van der Waals surface area contributed by atoms with Gasteiger partial charge in [-0.3, -0.25) is 14.7 Å². The highest BCUT2D eigenvalue weighted by atomic mass is 16.6. The predicted octanol–water partition coefficient (Wildman–Crippen LogP) is 2.01. The molecule has 1 aliphatic heterocycles. The summed E-state index contributed by atoms with van der Waals surface area (Å²) >= 11 is 0. The van der Waals surface area contributed by atoms with Crippen molar-refractivity contribution in [2.45, 2.75) is 32.9 Å². The number of ether oxygens (including phenoxy) is 1. The predicted molar refractivity (Wildman–Crippen MR) is 65.2 cm³/mol. The van der Waals surface area contributed by atoms with Crippen LogP contribution >= 0.6 is 0 Å². The van der Waals surface area contributed by atoms with Gasteiger partial charge in [0.05, 0.1) is 18.8 Å². The van der Waals surface area contributed by atoms with Crippen LogP contribution in [0.5, 0.6) is 0 Å². The van der Waals surface area contributed by atoms with E-state index in [1.165, 1.54) is 4.90 Å². The zero-order chi connectivity index (χ0) is 13.3. The fourth-order valence-corrected chi connectivity index (χ4v) is 1.77. The smallest absolute Gasteiger partial charge is 0.411 e. The Balaban J connectivity index is 2.16. The van der Waals surface area contributed by atoms with E-state index in [1.54, 1.807) is 39.1 Å². The molecule has 2 heterocycles. The van der Waals surface area contributed by atoms with Gasteiger partial charge in [-0.05, 0) is 32.9 Å². The monoisotopic (exact) mass is 248 g/mol. The lowest BCUT2D eigenvalue weighted by Gasteiger charge is -2.29. The number of aromatic nitrogens is 1. The molecule has 96 valence electrons. The molecule has 0 saturated carbocycles. The number of pyridine rings is 1. The van der Waals surface area contributed by atoms with Gasteiger partial charge in [-0.25, -0.2) is 4.79 Å². The summed E-state index contributed by atoms with van der Waals surface area (Å²) in [6.07, 6.45) is 1.14. The Labute approximate surface area is 106 Å². The molecule has 0 unspecified atom stereocenters. The van der Waals surface area contributed by atoms with E-state index in [4.69, 9.17) is 4.74 Å². The Morgan fingerprint density at radius 2 is 2.11 bits per heavy atom. The van der Waals surface area contributed by atoms with Crippen LogP contribution in [0.1, 0.15) is 36.8 Å². The normalized spacial score (nSPS) is 15.3. The first-order chi connectivity index (χ1) is 8.37. The van der Waals surface area contributed by atoms with E-state index in [2.05, 4.69) is 4.98 Å². The highest BCUT2D eigenvalue weighted by Crippen LogP contribution is 2.19. The highest BCUT2D eigenvalue weighted by Gasteiger charge is 2.30.